The van der Waals surface area contributed by atoms with E-state index in [1.165, 1.54) is 0 Å². The molecule has 3 rings (SSSR count). The van der Waals surface area contributed by atoms with Gasteiger partial charge in [0.25, 0.3) is 0 Å². The van der Waals surface area contributed by atoms with Crippen LogP contribution in [0.2, 0.25) is 0 Å². The minimum atomic E-state index is -3.57. The van der Waals surface area contributed by atoms with Crippen molar-refractivity contribution in [1.82, 2.24) is 14.7 Å². The third-order valence-corrected chi connectivity index (χ3v) is 5.56. The Hall–Kier alpha value is -2.19. The number of rotatable bonds is 6. The third-order valence-electron chi connectivity index (χ3n) is 4.02. The molecular weight excluding hydrogens is 340 g/mol. The predicted molar refractivity (Wildman–Crippen MR) is 95.2 cm³/mol. The van der Waals surface area contributed by atoms with Crippen molar-refractivity contribution in [2.45, 2.75) is 30.7 Å². The van der Waals surface area contributed by atoms with E-state index >= 15 is 0 Å². The molecule has 8 heteroatoms. The Labute approximate surface area is 148 Å². The minimum absolute atomic E-state index is 0.172. The second-order valence-electron chi connectivity index (χ2n) is 5.86. The number of nitrogens with zero attached hydrogens (tertiary/aromatic N) is 3. The number of aromatic nitrogens is 2. The molecule has 1 fully saturated rings. The van der Waals surface area contributed by atoms with Gasteiger partial charge in [-0.25, -0.2) is 23.1 Å². The molecule has 1 atom stereocenters. The van der Waals surface area contributed by atoms with Crippen LogP contribution >= 0.6 is 0 Å². The van der Waals surface area contributed by atoms with E-state index in [0.717, 1.165) is 19.4 Å². The second-order valence-corrected chi connectivity index (χ2v) is 7.57. The smallest absolute Gasteiger partial charge is 0.240 e. The maximum absolute atomic E-state index is 12.6. The van der Waals surface area contributed by atoms with Gasteiger partial charge in [0.2, 0.25) is 16.0 Å². The van der Waals surface area contributed by atoms with Crippen LogP contribution in [0.3, 0.4) is 0 Å². The van der Waals surface area contributed by atoms with Gasteiger partial charge in [-0.15, -0.1) is 0 Å². The first-order chi connectivity index (χ1) is 12.1. The van der Waals surface area contributed by atoms with E-state index in [4.69, 9.17) is 4.74 Å². The summed E-state index contributed by atoms with van der Waals surface area (Å²) >= 11 is 0. The standard InChI is InChI=1S/C17H22N4O3S/c1-2-24-15-6-8-16(9-7-15)25(22,23)20-14-5-3-12-21(13-14)17-18-10-4-11-19-17/h4,6-11,14,20H,2-3,5,12-13H2,1H3. The lowest BCUT2D eigenvalue weighted by Crippen LogP contribution is -2.48. The van der Waals surface area contributed by atoms with Crippen molar-refractivity contribution in [3.63, 3.8) is 0 Å². The number of piperidine rings is 1. The fourth-order valence-corrected chi connectivity index (χ4v) is 4.14. The van der Waals surface area contributed by atoms with Crippen molar-refractivity contribution >= 4 is 16.0 Å². The zero-order chi connectivity index (χ0) is 17.7. The quantitative estimate of drug-likeness (QED) is 0.844. The third kappa shape index (κ3) is 4.46. The van der Waals surface area contributed by atoms with Crippen LogP contribution in [-0.4, -0.2) is 44.1 Å². The van der Waals surface area contributed by atoms with Gasteiger partial charge >= 0.3 is 0 Å². The van der Waals surface area contributed by atoms with Gasteiger partial charge in [0.15, 0.2) is 0 Å². The summed E-state index contributed by atoms with van der Waals surface area (Å²) in [5.74, 6) is 1.29. The molecule has 2 heterocycles. The first-order valence-corrected chi connectivity index (χ1v) is 9.84. The molecule has 0 spiro atoms. The van der Waals surface area contributed by atoms with Gasteiger partial charge in [0.1, 0.15) is 5.75 Å². The molecule has 0 amide bonds. The van der Waals surface area contributed by atoms with E-state index in [0.29, 0.717) is 24.8 Å². The summed E-state index contributed by atoms with van der Waals surface area (Å²) in [5.41, 5.74) is 0. The fourth-order valence-electron chi connectivity index (χ4n) is 2.88. The number of anilines is 1. The zero-order valence-corrected chi connectivity index (χ0v) is 14.9. The number of ether oxygens (including phenoxy) is 1. The predicted octanol–water partition coefficient (Wildman–Crippen LogP) is 1.82. The van der Waals surface area contributed by atoms with Gasteiger partial charge in [-0.1, -0.05) is 0 Å². The molecule has 1 aliphatic heterocycles. The summed E-state index contributed by atoms with van der Waals surface area (Å²) in [5, 5.41) is 0. The first-order valence-electron chi connectivity index (χ1n) is 8.35. The highest BCUT2D eigenvalue weighted by Gasteiger charge is 2.26. The lowest BCUT2D eigenvalue weighted by Gasteiger charge is -2.32. The van der Waals surface area contributed by atoms with E-state index in [2.05, 4.69) is 14.7 Å². The van der Waals surface area contributed by atoms with Crippen molar-refractivity contribution < 1.29 is 13.2 Å². The summed E-state index contributed by atoms with van der Waals surface area (Å²) in [6.07, 6.45) is 5.06. The van der Waals surface area contributed by atoms with Crippen LogP contribution in [-0.2, 0) is 10.0 Å². The molecule has 0 saturated carbocycles. The highest BCUT2D eigenvalue weighted by molar-refractivity contribution is 7.89. The molecular formula is C17H22N4O3S. The lowest BCUT2D eigenvalue weighted by molar-refractivity contribution is 0.340. The number of sulfonamides is 1. The molecule has 134 valence electrons. The number of hydrogen-bond acceptors (Lipinski definition) is 6. The average molecular weight is 362 g/mol. The normalized spacial score (nSPS) is 18.1. The molecule has 0 bridgehead atoms. The van der Waals surface area contributed by atoms with E-state index in [-0.39, 0.29) is 10.9 Å². The molecule has 0 radical (unpaired) electrons. The van der Waals surface area contributed by atoms with E-state index in [9.17, 15) is 8.42 Å². The average Bonchev–Trinajstić information content (AvgIpc) is 2.63. The van der Waals surface area contributed by atoms with Gasteiger partial charge in [0, 0.05) is 31.5 Å². The van der Waals surface area contributed by atoms with Crippen LogP contribution in [0, 0.1) is 0 Å². The molecule has 1 aliphatic rings. The summed E-state index contributed by atoms with van der Waals surface area (Å²) in [6, 6.07) is 8.06. The summed E-state index contributed by atoms with van der Waals surface area (Å²) in [7, 11) is -3.57. The molecule has 1 saturated heterocycles. The number of nitrogens with one attached hydrogen (secondary N) is 1. The Bertz CT molecular complexity index is 781. The Morgan fingerprint density at radius 1 is 1.24 bits per heavy atom. The summed E-state index contributed by atoms with van der Waals surface area (Å²) in [6.45, 7) is 3.81. The van der Waals surface area contributed by atoms with Crippen LogP contribution < -0.4 is 14.4 Å². The highest BCUT2D eigenvalue weighted by atomic mass is 32.2. The molecule has 1 aromatic heterocycles. The largest absolute Gasteiger partial charge is 0.494 e. The van der Waals surface area contributed by atoms with Gasteiger partial charge in [-0.3, -0.25) is 0 Å². The van der Waals surface area contributed by atoms with Crippen molar-refractivity contribution in [1.29, 1.82) is 0 Å². The topological polar surface area (TPSA) is 84.4 Å². The summed E-state index contributed by atoms with van der Waals surface area (Å²) in [4.78, 5) is 10.7. The van der Waals surface area contributed by atoms with Crippen molar-refractivity contribution in [2.75, 3.05) is 24.6 Å². The number of hydrogen-bond donors (Lipinski definition) is 1. The maximum Gasteiger partial charge on any atom is 0.240 e. The monoisotopic (exact) mass is 362 g/mol. The lowest BCUT2D eigenvalue weighted by atomic mass is 10.1. The number of benzene rings is 1. The summed E-state index contributed by atoms with van der Waals surface area (Å²) < 4.78 is 33.4. The van der Waals surface area contributed by atoms with Crippen LogP contribution in [0.15, 0.2) is 47.6 Å². The Morgan fingerprint density at radius 2 is 1.96 bits per heavy atom. The Balaban J connectivity index is 1.67. The van der Waals surface area contributed by atoms with E-state index < -0.39 is 10.0 Å². The SMILES string of the molecule is CCOc1ccc(S(=O)(=O)NC2CCCN(c3ncccn3)C2)cc1. The second kappa shape index (κ2) is 7.79. The first kappa shape index (κ1) is 17.6. The molecule has 7 nitrogen and oxygen atoms in total. The van der Waals surface area contributed by atoms with Crippen molar-refractivity contribution in [3.05, 3.63) is 42.7 Å². The van der Waals surface area contributed by atoms with Crippen LogP contribution in [0.25, 0.3) is 0 Å². The zero-order valence-electron chi connectivity index (χ0n) is 14.1. The van der Waals surface area contributed by atoms with E-state index in [1.807, 2.05) is 11.8 Å². The van der Waals surface area contributed by atoms with Gasteiger partial charge < -0.3 is 9.64 Å². The molecule has 0 aliphatic carbocycles. The van der Waals surface area contributed by atoms with Crippen molar-refractivity contribution in [3.8, 4) is 5.75 Å². The van der Waals surface area contributed by atoms with Crippen molar-refractivity contribution in [2.24, 2.45) is 0 Å². The highest BCUT2D eigenvalue weighted by Crippen LogP contribution is 2.19. The van der Waals surface area contributed by atoms with Crippen LogP contribution in [0.4, 0.5) is 5.95 Å². The van der Waals surface area contributed by atoms with Gasteiger partial charge in [0.05, 0.1) is 11.5 Å². The Kier molecular flexibility index (Phi) is 5.50. The molecule has 2 aromatic rings. The minimum Gasteiger partial charge on any atom is -0.494 e. The van der Waals surface area contributed by atoms with Gasteiger partial charge in [-0.2, -0.15) is 0 Å². The van der Waals surface area contributed by atoms with Crippen LogP contribution in [0.1, 0.15) is 19.8 Å². The Morgan fingerprint density at radius 3 is 2.64 bits per heavy atom. The van der Waals surface area contributed by atoms with Gasteiger partial charge in [-0.05, 0) is 50.1 Å². The van der Waals surface area contributed by atoms with E-state index in [1.54, 1.807) is 42.7 Å². The molecule has 1 aromatic carbocycles. The molecule has 25 heavy (non-hydrogen) atoms. The van der Waals surface area contributed by atoms with Crippen LogP contribution in [0.5, 0.6) is 5.75 Å². The molecule has 1 unspecified atom stereocenters. The maximum atomic E-state index is 12.6. The molecule has 1 N–H and O–H groups in total. The fraction of sp³-hybridized carbons (Fsp3) is 0.412.